The molecule has 0 aromatic heterocycles. The van der Waals surface area contributed by atoms with E-state index in [-0.39, 0.29) is 20.4 Å². The van der Waals surface area contributed by atoms with Crippen LogP contribution in [0, 0.1) is 6.08 Å². The monoisotopic (exact) mass is 729 g/mol. The van der Waals surface area contributed by atoms with Crippen molar-refractivity contribution in [2.45, 2.75) is 0 Å². The summed E-state index contributed by atoms with van der Waals surface area (Å²) in [7, 11) is -1.75. The molecule has 1 aliphatic rings. The first-order valence-corrected chi connectivity index (χ1v) is 17.6. The predicted molar refractivity (Wildman–Crippen MR) is 192 cm³/mol. The van der Waals surface area contributed by atoms with Crippen molar-refractivity contribution in [3.63, 3.8) is 0 Å². The number of esters is 2. The molecule has 0 atom stereocenters. The number of carbonyl (C=O) groups excluding carboxylic acids is 2. The molecule has 46 heavy (non-hydrogen) atoms. The van der Waals surface area contributed by atoms with Crippen LogP contribution in [-0.4, -0.2) is 11.9 Å². The fourth-order valence-corrected chi connectivity index (χ4v) is 10.1. The Morgan fingerprint density at radius 2 is 0.587 bits per heavy atom. The number of hydrogen-bond acceptors (Lipinski definition) is 3. The van der Waals surface area contributed by atoms with Crippen LogP contribution in [0.5, 0.6) is 0 Å². The zero-order valence-corrected chi connectivity index (χ0v) is 28.5. The van der Waals surface area contributed by atoms with Gasteiger partial charge in [0.15, 0.2) is 5.97 Å². The molecule has 1 heterocycles. The summed E-state index contributed by atoms with van der Waals surface area (Å²) in [6.45, 7) is 0. The van der Waals surface area contributed by atoms with E-state index in [9.17, 15) is 9.59 Å². The van der Waals surface area contributed by atoms with Gasteiger partial charge in [-0.2, -0.15) is 6.08 Å². The van der Waals surface area contributed by atoms with Crippen molar-refractivity contribution < 1.29 is 34.7 Å². The quantitative estimate of drug-likeness (QED) is 0.0719. The van der Waals surface area contributed by atoms with Gasteiger partial charge in [-0.05, 0) is 72.8 Å². The van der Waals surface area contributed by atoms with Gasteiger partial charge in [0.25, 0.3) is 0 Å². The summed E-state index contributed by atoms with van der Waals surface area (Å²) in [6.07, 6.45) is 2.99. The van der Waals surface area contributed by atoms with E-state index in [1.807, 2.05) is 6.08 Å². The van der Waals surface area contributed by atoms with Gasteiger partial charge in [0, 0.05) is 20.4 Å². The number of carbonyl (C=O) groups is 2. The molecule has 7 rings (SSSR count). The Morgan fingerprint density at radius 1 is 0.370 bits per heavy atom. The molecule has 1 aliphatic heterocycles. The fraction of sp³-hybridized carbons (Fsp3) is 0. The van der Waals surface area contributed by atoms with Crippen LogP contribution in [0.1, 0.15) is 0 Å². The molecule has 0 aliphatic carbocycles. The molecule has 0 N–H and O–H groups in total. The summed E-state index contributed by atoms with van der Waals surface area (Å²) in [5.41, 5.74) is 0. The summed E-state index contributed by atoms with van der Waals surface area (Å²) in [5, 5.41) is 8.61. The molecule has 6 heteroatoms. The second-order valence-electron chi connectivity index (χ2n) is 9.94. The van der Waals surface area contributed by atoms with Crippen LogP contribution in [0.2, 0.25) is 0 Å². The smallest absolute Gasteiger partial charge is 0.228 e. The van der Waals surface area contributed by atoms with Crippen LogP contribution in [0.25, 0.3) is 0 Å². The van der Waals surface area contributed by atoms with Gasteiger partial charge in [-0.1, -0.05) is 109 Å². The normalized spacial score (nSPS) is 11.4. The average molecular weight is 730 g/mol. The number of ether oxygens (including phenoxy) is 1. The van der Waals surface area contributed by atoms with Crippen molar-refractivity contribution in [2.75, 3.05) is 0 Å². The topological polar surface area (TPSA) is 43.4 Å². The molecule has 0 fully saturated rings. The third-order valence-corrected chi connectivity index (χ3v) is 12.3. The number of cyclic esters (lactones) is 2. The Morgan fingerprint density at radius 3 is 0.717 bits per heavy atom. The van der Waals surface area contributed by atoms with Crippen LogP contribution in [0.3, 0.4) is 0 Å². The van der Waals surface area contributed by atoms with Crippen LogP contribution in [0.15, 0.2) is 188 Å². The van der Waals surface area contributed by atoms with E-state index in [4.69, 9.17) is 0 Å². The summed E-state index contributed by atoms with van der Waals surface area (Å²) < 4.78 is 3.92. The van der Waals surface area contributed by atoms with Crippen LogP contribution in [-0.2, 0) is 34.7 Å². The van der Waals surface area contributed by atoms with Crippen LogP contribution < -0.4 is 31.8 Å². The average Bonchev–Trinajstić information content (AvgIpc) is 3.50. The molecule has 6 aromatic carbocycles. The molecule has 0 unspecified atom stereocenters. The number of hydrogen-bond donors (Lipinski definition) is 0. The van der Waals surface area contributed by atoms with Crippen molar-refractivity contribution in [2.24, 2.45) is 0 Å². The van der Waals surface area contributed by atoms with Gasteiger partial charge in [0.2, 0.25) is 5.97 Å². The maximum Gasteiger partial charge on any atom is 0.228 e. The molecule has 3 nitrogen and oxygen atoms in total. The Balaban J connectivity index is 0.000000170. The Kier molecular flexibility index (Phi) is 14.0. The van der Waals surface area contributed by atoms with E-state index in [2.05, 4.69) is 187 Å². The van der Waals surface area contributed by atoms with Crippen molar-refractivity contribution in [3.05, 3.63) is 194 Å². The van der Waals surface area contributed by atoms with Gasteiger partial charge < -0.3 is 9.53 Å². The third-order valence-electron chi connectivity index (χ3n) is 6.88. The molecule has 0 amide bonds. The van der Waals surface area contributed by atoms with Crippen molar-refractivity contribution in [1.82, 2.24) is 0 Å². The van der Waals surface area contributed by atoms with E-state index in [0.717, 1.165) is 6.08 Å². The van der Waals surface area contributed by atoms with E-state index >= 15 is 0 Å². The van der Waals surface area contributed by atoms with E-state index in [1.54, 1.807) is 0 Å². The van der Waals surface area contributed by atoms with Gasteiger partial charge in [-0.3, -0.25) is 4.79 Å². The Labute approximate surface area is 287 Å². The van der Waals surface area contributed by atoms with Gasteiger partial charge in [0.05, 0.1) is 15.8 Å². The minimum absolute atomic E-state index is 0. The molecule has 0 radical (unpaired) electrons. The minimum Gasteiger partial charge on any atom is -0.495 e. The molecule has 230 valence electrons. The molecule has 6 aromatic rings. The zero-order chi connectivity index (χ0) is 31.1. The first-order chi connectivity index (χ1) is 22.2. The van der Waals surface area contributed by atoms with E-state index < -0.39 is 27.8 Å². The Hall–Kier alpha value is -4.28. The van der Waals surface area contributed by atoms with E-state index in [1.165, 1.54) is 31.8 Å². The van der Waals surface area contributed by atoms with Crippen molar-refractivity contribution >= 4 is 59.6 Å². The SMILES string of the molecule is O=C1[C-]=CC(=O)O1.[Pd].c1ccc([PH+](c2ccccc2)c2ccccc2)cc1.c1ccc([PH+](c2ccccc2)c2ccccc2)cc1. The van der Waals surface area contributed by atoms with Crippen LogP contribution in [0.4, 0.5) is 0 Å². The first-order valence-electron chi connectivity index (χ1n) is 14.6. The minimum atomic E-state index is -0.877. The number of benzene rings is 6. The van der Waals surface area contributed by atoms with Gasteiger partial charge in [0.1, 0.15) is 31.8 Å². The molecule has 0 saturated carbocycles. The van der Waals surface area contributed by atoms with Crippen LogP contribution >= 0.6 is 15.8 Å². The summed E-state index contributed by atoms with van der Waals surface area (Å²) >= 11 is 0. The molecule has 0 spiro atoms. The summed E-state index contributed by atoms with van der Waals surface area (Å²) in [5.74, 6) is -1.34. The van der Waals surface area contributed by atoms with Crippen molar-refractivity contribution in [3.8, 4) is 0 Å². The fourth-order valence-electron chi connectivity index (χ4n) is 4.90. The number of rotatable bonds is 6. The van der Waals surface area contributed by atoms with Crippen molar-refractivity contribution in [1.29, 1.82) is 0 Å². The molecular formula is C40H33O3P2Pd+. The van der Waals surface area contributed by atoms with E-state index in [0.29, 0.717) is 0 Å². The summed E-state index contributed by atoms with van der Waals surface area (Å²) in [4.78, 5) is 19.8. The van der Waals surface area contributed by atoms with Gasteiger partial charge in [-0.25, -0.2) is 0 Å². The predicted octanol–water partition coefficient (Wildman–Crippen LogP) is 5.78. The maximum atomic E-state index is 9.89. The largest absolute Gasteiger partial charge is 0.495 e. The maximum absolute atomic E-state index is 9.89. The Bertz CT molecular complexity index is 1460. The second kappa shape index (κ2) is 18.6. The van der Waals surface area contributed by atoms with Gasteiger partial charge in [-0.15, -0.1) is 6.08 Å². The molecule has 0 bridgehead atoms. The van der Waals surface area contributed by atoms with Gasteiger partial charge >= 0.3 is 0 Å². The first kappa shape index (κ1) is 34.6. The zero-order valence-electron chi connectivity index (χ0n) is 24.9. The molecule has 0 saturated heterocycles. The summed E-state index contributed by atoms with van der Waals surface area (Å²) in [6, 6.07) is 65.0. The molecular weight excluding hydrogens is 697 g/mol. The second-order valence-corrected chi connectivity index (χ2v) is 14.9. The third kappa shape index (κ3) is 10.1. The standard InChI is InChI=1S/2C18H15P.C4HO3.Pd/c2*1-4-10-16(11-5-1)19(17-12-6-2-7-13-17)18-14-8-3-9-15-18;5-3-1-2-4(6)7-3;/h2*1-15H;1H;/q;;-1;/p+2.